The number of carbonyl (C=O) groups is 2. The van der Waals surface area contributed by atoms with Gasteiger partial charge in [0.1, 0.15) is 5.75 Å². The standard InChI is InChI=1S/C18H21N3O4/c1-2-24-18(23)25-16-8-6-15(7-9-16)21-17(22)20-12-14-5-3-4-13(10-14)11-19/h3-10H,2,11-12,19H2,1H3,(H2,20,21,22). The maximum Gasteiger partial charge on any atom is 0.513 e. The first kappa shape index (κ1) is 18.3. The average Bonchev–Trinajstić information content (AvgIpc) is 2.62. The molecule has 2 aromatic carbocycles. The van der Waals surface area contributed by atoms with Crippen molar-refractivity contribution >= 4 is 17.9 Å². The van der Waals surface area contributed by atoms with Gasteiger partial charge in [-0.2, -0.15) is 0 Å². The van der Waals surface area contributed by atoms with E-state index in [1.807, 2.05) is 24.3 Å². The van der Waals surface area contributed by atoms with Crippen molar-refractivity contribution in [2.45, 2.75) is 20.0 Å². The van der Waals surface area contributed by atoms with Crippen molar-refractivity contribution in [3.63, 3.8) is 0 Å². The summed E-state index contributed by atoms with van der Waals surface area (Å²) in [7, 11) is 0. The molecule has 0 saturated carbocycles. The van der Waals surface area contributed by atoms with Crippen molar-refractivity contribution in [2.75, 3.05) is 11.9 Å². The number of hydrogen-bond donors (Lipinski definition) is 3. The van der Waals surface area contributed by atoms with Crippen molar-refractivity contribution < 1.29 is 19.1 Å². The Morgan fingerprint density at radius 3 is 2.48 bits per heavy atom. The third-order valence-corrected chi connectivity index (χ3v) is 3.26. The second-order valence-corrected chi connectivity index (χ2v) is 5.14. The predicted octanol–water partition coefficient (Wildman–Crippen LogP) is 3.00. The van der Waals surface area contributed by atoms with E-state index >= 15 is 0 Å². The first-order valence-electron chi connectivity index (χ1n) is 7.88. The molecular formula is C18H21N3O4. The van der Waals surface area contributed by atoms with Gasteiger partial charge in [0.15, 0.2) is 0 Å². The van der Waals surface area contributed by atoms with Gasteiger partial charge in [-0.15, -0.1) is 0 Å². The molecule has 0 radical (unpaired) electrons. The molecule has 25 heavy (non-hydrogen) atoms. The monoisotopic (exact) mass is 343 g/mol. The molecule has 0 aliphatic carbocycles. The molecule has 0 aromatic heterocycles. The molecule has 132 valence electrons. The second-order valence-electron chi connectivity index (χ2n) is 5.14. The molecule has 2 rings (SSSR count). The van der Waals surface area contributed by atoms with E-state index in [2.05, 4.69) is 15.4 Å². The lowest BCUT2D eigenvalue weighted by molar-refractivity contribution is 0.104. The lowest BCUT2D eigenvalue weighted by atomic mass is 10.1. The highest BCUT2D eigenvalue weighted by atomic mass is 16.7. The largest absolute Gasteiger partial charge is 0.513 e. The maximum absolute atomic E-state index is 11.9. The van der Waals surface area contributed by atoms with Crippen LogP contribution < -0.4 is 21.1 Å². The summed E-state index contributed by atoms with van der Waals surface area (Å²) in [6.07, 6.45) is -0.763. The normalized spacial score (nSPS) is 10.0. The zero-order valence-corrected chi connectivity index (χ0v) is 14.0. The van der Waals surface area contributed by atoms with E-state index in [9.17, 15) is 9.59 Å². The maximum atomic E-state index is 11.9. The van der Waals surface area contributed by atoms with E-state index in [1.165, 1.54) is 0 Å². The fourth-order valence-electron chi connectivity index (χ4n) is 2.07. The zero-order chi connectivity index (χ0) is 18.1. The summed E-state index contributed by atoms with van der Waals surface area (Å²) in [5, 5.41) is 5.47. The third kappa shape index (κ3) is 6.15. The number of urea groups is 1. The topological polar surface area (TPSA) is 103 Å². The molecule has 4 N–H and O–H groups in total. The van der Waals surface area contributed by atoms with Gasteiger partial charge in [0.25, 0.3) is 0 Å². The van der Waals surface area contributed by atoms with Gasteiger partial charge >= 0.3 is 12.2 Å². The van der Waals surface area contributed by atoms with E-state index in [0.29, 0.717) is 24.5 Å². The van der Waals surface area contributed by atoms with Gasteiger partial charge in [-0.3, -0.25) is 0 Å². The molecule has 0 spiro atoms. The molecule has 0 atom stereocenters. The Labute approximate surface area is 146 Å². The van der Waals surface area contributed by atoms with E-state index in [4.69, 9.17) is 10.5 Å². The molecule has 0 aliphatic rings. The van der Waals surface area contributed by atoms with Crippen LogP contribution in [0.3, 0.4) is 0 Å². The molecule has 0 aliphatic heterocycles. The number of ether oxygens (including phenoxy) is 2. The molecular weight excluding hydrogens is 322 g/mol. The number of benzene rings is 2. The van der Waals surface area contributed by atoms with Gasteiger partial charge in [0, 0.05) is 18.8 Å². The number of carbonyl (C=O) groups excluding carboxylic acids is 2. The molecule has 0 unspecified atom stereocenters. The van der Waals surface area contributed by atoms with Crippen molar-refractivity contribution in [3.8, 4) is 5.75 Å². The summed E-state index contributed by atoms with van der Waals surface area (Å²) in [5.41, 5.74) is 8.15. The summed E-state index contributed by atoms with van der Waals surface area (Å²) in [6, 6.07) is 13.8. The van der Waals surface area contributed by atoms with Crippen LogP contribution in [0.5, 0.6) is 5.75 Å². The van der Waals surface area contributed by atoms with Crippen molar-refractivity contribution in [2.24, 2.45) is 5.73 Å². The van der Waals surface area contributed by atoms with Crippen LogP contribution in [0.2, 0.25) is 0 Å². The van der Waals surface area contributed by atoms with Crippen LogP contribution in [0, 0.1) is 0 Å². The SMILES string of the molecule is CCOC(=O)Oc1ccc(NC(=O)NCc2cccc(CN)c2)cc1. The highest BCUT2D eigenvalue weighted by molar-refractivity contribution is 5.89. The minimum Gasteiger partial charge on any atom is -0.434 e. The molecule has 0 saturated heterocycles. The van der Waals surface area contributed by atoms with Crippen molar-refractivity contribution in [1.29, 1.82) is 0 Å². The van der Waals surface area contributed by atoms with Gasteiger partial charge < -0.3 is 25.8 Å². The Balaban J connectivity index is 1.82. The summed E-state index contributed by atoms with van der Waals surface area (Å²) in [5.74, 6) is 0.336. The lowest BCUT2D eigenvalue weighted by Crippen LogP contribution is -2.28. The Kier molecular flexibility index (Phi) is 6.79. The van der Waals surface area contributed by atoms with Crippen LogP contribution >= 0.6 is 0 Å². The van der Waals surface area contributed by atoms with Crippen LogP contribution in [0.1, 0.15) is 18.1 Å². The Hall–Kier alpha value is -3.06. The summed E-state index contributed by atoms with van der Waals surface area (Å²) < 4.78 is 9.62. The van der Waals surface area contributed by atoms with Crippen LogP contribution in [0.25, 0.3) is 0 Å². The fraction of sp³-hybridized carbons (Fsp3) is 0.222. The van der Waals surface area contributed by atoms with Gasteiger partial charge in [-0.25, -0.2) is 9.59 Å². The van der Waals surface area contributed by atoms with Crippen molar-refractivity contribution in [3.05, 3.63) is 59.7 Å². The van der Waals surface area contributed by atoms with E-state index in [1.54, 1.807) is 31.2 Å². The van der Waals surface area contributed by atoms with E-state index < -0.39 is 6.16 Å². The van der Waals surface area contributed by atoms with E-state index in [0.717, 1.165) is 11.1 Å². The number of nitrogens with one attached hydrogen (secondary N) is 2. The lowest BCUT2D eigenvalue weighted by Gasteiger charge is -2.09. The number of hydrogen-bond acceptors (Lipinski definition) is 5. The zero-order valence-electron chi connectivity index (χ0n) is 14.0. The number of nitrogens with two attached hydrogens (primary N) is 1. The number of anilines is 1. The van der Waals surface area contributed by atoms with Gasteiger partial charge in [0.05, 0.1) is 6.61 Å². The number of rotatable bonds is 6. The van der Waals surface area contributed by atoms with Gasteiger partial charge in [0.2, 0.25) is 0 Å². The molecule has 7 nitrogen and oxygen atoms in total. The fourth-order valence-corrected chi connectivity index (χ4v) is 2.07. The quantitative estimate of drug-likeness (QED) is 0.553. The summed E-state index contributed by atoms with van der Waals surface area (Å²) in [4.78, 5) is 23.1. The molecule has 7 heteroatoms. The van der Waals surface area contributed by atoms with E-state index in [-0.39, 0.29) is 12.6 Å². The van der Waals surface area contributed by atoms with Gasteiger partial charge in [-0.05, 0) is 42.3 Å². The highest BCUT2D eigenvalue weighted by Gasteiger charge is 2.06. The Morgan fingerprint density at radius 1 is 1.08 bits per heavy atom. The molecule has 0 bridgehead atoms. The summed E-state index contributed by atoms with van der Waals surface area (Å²) in [6.45, 7) is 2.79. The predicted molar refractivity (Wildman–Crippen MR) is 94.3 cm³/mol. The third-order valence-electron chi connectivity index (χ3n) is 3.26. The minimum atomic E-state index is -0.763. The highest BCUT2D eigenvalue weighted by Crippen LogP contribution is 2.16. The first-order chi connectivity index (χ1) is 12.1. The van der Waals surface area contributed by atoms with Crippen LogP contribution in [0.15, 0.2) is 48.5 Å². The molecule has 2 aromatic rings. The van der Waals surface area contributed by atoms with Crippen LogP contribution in [0.4, 0.5) is 15.3 Å². The van der Waals surface area contributed by atoms with Gasteiger partial charge in [-0.1, -0.05) is 24.3 Å². The number of amides is 2. The minimum absolute atomic E-state index is 0.243. The smallest absolute Gasteiger partial charge is 0.434 e. The van der Waals surface area contributed by atoms with Crippen LogP contribution in [-0.2, 0) is 17.8 Å². The molecule has 0 fully saturated rings. The average molecular weight is 343 g/mol. The Morgan fingerprint density at radius 2 is 1.80 bits per heavy atom. The summed E-state index contributed by atoms with van der Waals surface area (Å²) >= 11 is 0. The first-order valence-corrected chi connectivity index (χ1v) is 7.88. The Bertz CT molecular complexity index is 717. The van der Waals surface area contributed by atoms with Crippen molar-refractivity contribution in [1.82, 2.24) is 5.32 Å². The molecule has 2 amide bonds. The second kappa shape index (κ2) is 9.29. The molecule has 0 heterocycles. The van der Waals surface area contributed by atoms with Crippen LogP contribution in [-0.4, -0.2) is 18.8 Å².